The highest BCUT2D eigenvalue weighted by Crippen LogP contribution is 2.12. The smallest absolute Gasteiger partial charge is 0.337 e. The van der Waals surface area contributed by atoms with Gasteiger partial charge in [0.2, 0.25) is 5.95 Å². The SMILES string of the molecule is O=C(O)c1ccc2nnc(NCc3ccccc3)n2c1. The van der Waals surface area contributed by atoms with E-state index in [1.54, 1.807) is 10.5 Å². The highest BCUT2D eigenvalue weighted by molar-refractivity contribution is 5.87. The number of fused-ring (bicyclic) bond motifs is 1. The van der Waals surface area contributed by atoms with E-state index in [-0.39, 0.29) is 5.56 Å². The normalized spacial score (nSPS) is 10.6. The van der Waals surface area contributed by atoms with Gasteiger partial charge in [-0.3, -0.25) is 4.40 Å². The third-order valence-corrected chi connectivity index (χ3v) is 2.94. The van der Waals surface area contributed by atoms with E-state index in [0.717, 1.165) is 5.56 Å². The number of anilines is 1. The fraction of sp³-hybridized carbons (Fsp3) is 0.0714. The van der Waals surface area contributed by atoms with Crippen molar-refractivity contribution in [2.45, 2.75) is 6.54 Å². The van der Waals surface area contributed by atoms with Gasteiger partial charge in [0.25, 0.3) is 0 Å². The fourth-order valence-electron chi connectivity index (χ4n) is 1.91. The number of carboxylic acids is 1. The van der Waals surface area contributed by atoms with Gasteiger partial charge in [-0.25, -0.2) is 4.79 Å². The van der Waals surface area contributed by atoms with Gasteiger partial charge in [-0.05, 0) is 17.7 Å². The van der Waals surface area contributed by atoms with Crippen molar-refractivity contribution >= 4 is 17.6 Å². The summed E-state index contributed by atoms with van der Waals surface area (Å²) in [5.74, 6) is -0.457. The van der Waals surface area contributed by atoms with Crippen LogP contribution in [0.15, 0.2) is 48.7 Å². The van der Waals surface area contributed by atoms with E-state index in [1.807, 2.05) is 30.3 Å². The summed E-state index contributed by atoms with van der Waals surface area (Å²) in [4.78, 5) is 11.0. The number of rotatable bonds is 4. The Morgan fingerprint density at radius 1 is 1.15 bits per heavy atom. The number of hydrogen-bond acceptors (Lipinski definition) is 4. The summed E-state index contributed by atoms with van der Waals surface area (Å²) in [5.41, 5.74) is 1.91. The second-order valence-electron chi connectivity index (χ2n) is 4.31. The molecule has 2 N–H and O–H groups in total. The maximum atomic E-state index is 11.0. The van der Waals surface area contributed by atoms with Crippen LogP contribution in [-0.4, -0.2) is 25.7 Å². The van der Waals surface area contributed by atoms with Crippen LogP contribution in [-0.2, 0) is 6.54 Å². The summed E-state index contributed by atoms with van der Waals surface area (Å²) < 4.78 is 1.63. The zero-order valence-electron chi connectivity index (χ0n) is 10.5. The van der Waals surface area contributed by atoms with Crippen LogP contribution in [0.4, 0.5) is 5.95 Å². The summed E-state index contributed by atoms with van der Waals surface area (Å²) in [5, 5.41) is 20.2. The summed E-state index contributed by atoms with van der Waals surface area (Å²) in [6.07, 6.45) is 1.50. The molecule has 0 saturated carbocycles. The van der Waals surface area contributed by atoms with E-state index >= 15 is 0 Å². The first-order valence-corrected chi connectivity index (χ1v) is 6.10. The van der Waals surface area contributed by atoms with Crippen LogP contribution in [0.1, 0.15) is 15.9 Å². The first-order valence-electron chi connectivity index (χ1n) is 6.10. The predicted molar refractivity (Wildman–Crippen MR) is 73.7 cm³/mol. The van der Waals surface area contributed by atoms with Crippen molar-refractivity contribution in [1.82, 2.24) is 14.6 Å². The molecule has 0 spiro atoms. The maximum absolute atomic E-state index is 11.0. The number of aromatic carboxylic acids is 1. The number of aromatic nitrogens is 3. The molecule has 1 aromatic carbocycles. The van der Waals surface area contributed by atoms with E-state index in [1.165, 1.54) is 12.3 Å². The standard InChI is InChI=1S/C14H12N4O2/c19-13(20)11-6-7-12-16-17-14(18(12)9-11)15-8-10-4-2-1-3-5-10/h1-7,9H,8H2,(H,15,17)(H,19,20). The van der Waals surface area contributed by atoms with Crippen molar-refractivity contribution in [2.75, 3.05) is 5.32 Å². The molecule has 0 saturated heterocycles. The van der Waals surface area contributed by atoms with Gasteiger partial charge in [0.15, 0.2) is 5.65 Å². The second-order valence-corrected chi connectivity index (χ2v) is 4.31. The highest BCUT2D eigenvalue weighted by atomic mass is 16.4. The molecule has 0 amide bonds. The second kappa shape index (κ2) is 5.00. The third-order valence-electron chi connectivity index (χ3n) is 2.94. The summed E-state index contributed by atoms with van der Waals surface area (Å²) in [6.45, 7) is 0.596. The Bertz CT molecular complexity index is 752. The molecule has 0 aliphatic heterocycles. The Labute approximate surface area is 114 Å². The van der Waals surface area contributed by atoms with E-state index in [9.17, 15) is 4.79 Å². The van der Waals surface area contributed by atoms with Crippen molar-refractivity contribution in [3.63, 3.8) is 0 Å². The number of pyridine rings is 1. The molecular formula is C14H12N4O2. The van der Waals surface area contributed by atoms with Gasteiger partial charge in [-0.15, -0.1) is 10.2 Å². The number of nitrogens with one attached hydrogen (secondary N) is 1. The van der Waals surface area contributed by atoms with Crippen molar-refractivity contribution in [3.05, 3.63) is 59.8 Å². The molecule has 20 heavy (non-hydrogen) atoms. The van der Waals surface area contributed by atoms with E-state index in [2.05, 4.69) is 15.5 Å². The molecule has 0 radical (unpaired) electrons. The quantitative estimate of drug-likeness (QED) is 0.757. The number of hydrogen-bond donors (Lipinski definition) is 2. The maximum Gasteiger partial charge on any atom is 0.337 e. The minimum atomic E-state index is -0.977. The number of benzene rings is 1. The predicted octanol–water partition coefficient (Wildman–Crippen LogP) is 2.04. The summed E-state index contributed by atoms with van der Waals surface area (Å²) >= 11 is 0. The van der Waals surface area contributed by atoms with Crippen LogP contribution in [0.25, 0.3) is 5.65 Å². The van der Waals surface area contributed by atoms with Gasteiger partial charge in [0.05, 0.1) is 5.56 Å². The first-order chi connectivity index (χ1) is 9.74. The Kier molecular flexibility index (Phi) is 3.04. The lowest BCUT2D eigenvalue weighted by molar-refractivity contribution is 0.0696. The van der Waals surface area contributed by atoms with Gasteiger partial charge in [0.1, 0.15) is 0 Å². The summed E-state index contributed by atoms with van der Waals surface area (Å²) in [7, 11) is 0. The number of nitrogens with zero attached hydrogens (tertiary/aromatic N) is 3. The van der Waals surface area contributed by atoms with Gasteiger partial charge in [0, 0.05) is 12.7 Å². The molecule has 2 heterocycles. The molecule has 0 bridgehead atoms. The number of carboxylic acid groups (broad SMARTS) is 1. The van der Waals surface area contributed by atoms with Crippen molar-refractivity contribution in [1.29, 1.82) is 0 Å². The Balaban J connectivity index is 1.88. The average molecular weight is 268 g/mol. The van der Waals surface area contributed by atoms with Crippen LogP contribution in [0.3, 0.4) is 0 Å². The van der Waals surface area contributed by atoms with Crippen LogP contribution in [0, 0.1) is 0 Å². The van der Waals surface area contributed by atoms with Crippen LogP contribution in [0.5, 0.6) is 0 Å². The third kappa shape index (κ3) is 2.31. The van der Waals surface area contributed by atoms with E-state index < -0.39 is 5.97 Å². The van der Waals surface area contributed by atoms with E-state index in [4.69, 9.17) is 5.11 Å². The molecular weight excluding hydrogens is 256 g/mol. The monoisotopic (exact) mass is 268 g/mol. The van der Waals surface area contributed by atoms with Crippen LogP contribution < -0.4 is 5.32 Å². The van der Waals surface area contributed by atoms with Crippen LogP contribution >= 0.6 is 0 Å². The lowest BCUT2D eigenvalue weighted by atomic mass is 10.2. The van der Waals surface area contributed by atoms with Crippen molar-refractivity contribution in [3.8, 4) is 0 Å². The Morgan fingerprint density at radius 3 is 2.70 bits per heavy atom. The Hall–Kier alpha value is -2.89. The fourth-order valence-corrected chi connectivity index (χ4v) is 1.91. The zero-order chi connectivity index (χ0) is 13.9. The molecule has 100 valence electrons. The lowest BCUT2D eigenvalue weighted by Crippen LogP contribution is -2.05. The molecule has 2 aromatic heterocycles. The minimum Gasteiger partial charge on any atom is -0.478 e. The minimum absolute atomic E-state index is 0.195. The summed E-state index contributed by atoms with van der Waals surface area (Å²) in [6, 6.07) is 13.0. The van der Waals surface area contributed by atoms with Gasteiger partial charge >= 0.3 is 5.97 Å². The largest absolute Gasteiger partial charge is 0.478 e. The zero-order valence-corrected chi connectivity index (χ0v) is 10.5. The average Bonchev–Trinajstić information content (AvgIpc) is 2.88. The van der Waals surface area contributed by atoms with Gasteiger partial charge in [-0.2, -0.15) is 0 Å². The van der Waals surface area contributed by atoms with Crippen molar-refractivity contribution < 1.29 is 9.90 Å². The molecule has 0 aliphatic rings. The molecule has 3 aromatic rings. The molecule has 0 unspecified atom stereocenters. The number of carbonyl (C=O) groups is 1. The molecule has 3 rings (SSSR count). The Morgan fingerprint density at radius 2 is 1.95 bits per heavy atom. The van der Waals surface area contributed by atoms with Gasteiger partial charge < -0.3 is 10.4 Å². The van der Waals surface area contributed by atoms with Crippen LogP contribution in [0.2, 0.25) is 0 Å². The van der Waals surface area contributed by atoms with E-state index in [0.29, 0.717) is 18.1 Å². The topological polar surface area (TPSA) is 79.5 Å². The lowest BCUT2D eigenvalue weighted by Gasteiger charge is -2.05. The van der Waals surface area contributed by atoms with Gasteiger partial charge in [-0.1, -0.05) is 30.3 Å². The molecule has 0 atom stereocenters. The molecule has 0 fully saturated rings. The molecule has 0 aliphatic carbocycles. The first kappa shape index (κ1) is 12.2. The highest BCUT2D eigenvalue weighted by Gasteiger charge is 2.08. The molecule has 6 heteroatoms. The molecule has 6 nitrogen and oxygen atoms in total. The van der Waals surface area contributed by atoms with Crippen molar-refractivity contribution in [2.24, 2.45) is 0 Å².